The lowest BCUT2D eigenvalue weighted by atomic mass is 9.93. The molecular weight excluding hydrogens is 332 g/mol. The van der Waals surface area contributed by atoms with Crippen molar-refractivity contribution in [1.29, 1.82) is 0 Å². The highest BCUT2D eigenvalue weighted by Gasteiger charge is 2.27. The van der Waals surface area contributed by atoms with E-state index < -0.39 is 69.8 Å². The molecule has 0 aromatic rings. The minimum Gasteiger partial charge on any atom is -0.396 e. The molecule has 0 unspecified atom stereocenters. The molecule has 0 bridgehead atoms. The van der Waals surface area contributed by atoms with Crippen LogP contribution in [0, 0.1) is 10.8 Å². The summed E-state index contributed by atoms with van der Waals surface area (Å²) in [5.41, 5.74) is -2.22. The zero-order valence-corrected chi connectivity index (χ0v) is 13.6. The molecule has 24 heavy (non-hydrogen) atoms. The van der Waals surface area contributed by atoms with Crippen LogP contribution in [-0.4, -0.2) is 128 Å². The smallest absolute Gasteiger partial charge is 0.100 e. The first kappa shape index (κ1) is 28.4. The summed E-state index contributed by atoms with van der Waals surface area (Å²) in [5.74, 6) is 0. The molecule has 0 spiro atoms. The number of aliphatic hydroxyl groups is 11. The van der Waals surface area contributed by atoms with Crippen molar-refractivity contribution in [3.05, 3.63) is 0 Å². The highest BCUT2D eigenvalue weighted by molar-refractivity contribution is 4.75. The monoisotopic (exact) mass is 364 g/mol. The van der Waals surface area contributed by atoms with Crippen LogP contribution in [0.15, 0.2) is 0 Å². The largest absolute Gasteiger partial charge is 0.396 e. The van der Waals surface area contributed by atoms with Gasteiger partial charge in [0, 0.05) is 0 Å². The Bertz CT molecular complexity index is 185. The van der Waals surface area contributed by atoms with E-state index in [4.69, 9.17) is 56.2 Å². The van der Waals surface area contributed by atoms with E-state index in [0.29, 0.717) is 0 Å². The van der Waals surface area contributed by atoms with Gasteiger partial charge < -0.3 is 56.2 Å². The van der Waals surface area contributed by atoms with Gasteiger partial charge in [0.15, 0.2) is 0 Å². The van der Waals surface area contributed by atoms with Crippen molar-refractivity contribution in [2.75, 3.05) is 66.1 Å². The Morgan fingerprint density at radius 1 is 0.417 bits per heavy atom. The van der Waals surface area contributed by atoms with E-state index in [-0.39, 0.29) is 13.2 Å². The van der Waals surface area contributed by atoms with Gasteiger partial charge in [0.2, 0.25) is 0 Å². The van der Waals surface area contributed by atoms with Gasteiger partial charge in [-0.2, -0.15) is 0 Å². The molecule has 0 aliphatic carbocycles. The predicted octanol–water partition coefficient (Wildman–Crippen LogP) is -5.78. The molecule has 0 amide bonds. The number of rotatable bonds is 10. The fourth-order valence-corrected chi connectivity index (χ4v) is 0.658. The zero-order chi connectivity index (χ0) is 19.6. The quantitative estimate of drug-likeness (QED) is 0.175. The molecule has 0 heterocycles. The lowest BCUT2D eigenvalue weighted by Crippen LogP contribution is -2.37. The van der Waals surface area contributed by atoms with Crippen LogP contribution in [-0.2, 0) is 0 Å². The molecule has 0 aliphatic heterocycles. The lowest BCUT2D eigenvalue weighted by Gasteiger charge is -2.23. The summed E-state index contributed by atoms with van der Waals surface area (Å²) in [5, 5.41) is 92.0. The second-order valence-electron chi connectivity index (χ2n) is 5.28. The molecule has 11 N–H and O–H groups in total. The van der Waals surface area contributed by atoms with E-state index in [9.17, 15) is 0 Å². The molecular formula is C13H32O11. The summed E-state index contributed by atoms with van der Waals surface area (Å²) in [6.07, 6.45) is -0.954. The third kappa shape index (κ3) is 12.0. The third-order valence-corrected chi connectivity index (χ3v) is 3.10. The molecule has 0 rings (SSSR count). The molecule has 0 aromatic carbocycles. The highest BCUT2D eigenvalue weighted by atomic mass is 16.3. The minimum atomic E-state index is -1.11. The maximum absolute atomic E-state index is 8.50. The Kier molecular flexibility index (Phi) is 20.5. The Morgan fingerprint density at radius 2 is 0.583 bits per heavy atom. The molecule has 0 atom stereocenters. The molecule has 150 valence electrons. The second-order valence-corrected chi connectivity index (χ2v) is 5.28. The predicted molar refractivity (Wildman–Crippen MR) is 81.7 cm³/mol. The van der Waals surface area contributed by atoms with Gasteiger partial charge in [-0.25, -0.2) is 0 Å². The van der Waals surface area contributed by atoms with E-state index in [0.717, 1.165) is 0 Å². The van der Waals surface area contributed by atoms with Crippen molar-refractivity contribution in [2.45, 2.75) is 6.10 Å². The molecule has 0 fully saturated rings. The molecule has 11 nitrogen and oxygen atoms in total. The van der Waals surface area contributed by atoms with Crippen LogP contribution in [0.4, 0.5) is 0 Å². The van der Waals surface area contributed by atoms with Gasteiger partial charge >= 0.3 is 0 Å². The molecule has 0 saturated heterocycles. The molecule has 11 heteroatoms. The summed E-state index contributed by atoms with van der Waals surface area (Å²) < 4.78 is 0. The van der Waals surface area contributed by atoms with E-state index >= 15 is 0 Å². The Hall–Kier alpha value is -0.440. The first-order valence-corrected chi connectivity index (χ1v) is 7.07. The van der Waals surface area contributed by atoms with Crippen molar-refractivity contribution >= 4 is 0 Å². The molecule has 0 saturated carbocycles. The lowest BCUT2D eigenvalue weighted by molar-refractivity contribution is -0.0332. The van der Waals surface area contributed by atoms with E-state index in [2.05, 4.69) is 0 Å². The van der Waals surface area contributed by atoms with Gasteiger partial charge in [-0.3, -0.25) is 0 Å². The second kappa shape index (κ2) is 17.4. The van der Waals surface area contributed by atoms with Crippen molar-refractivity contribution in [1.82, 2.24) is 0 Å². The molecule has 0 radical (unpaired) electrons. The van der Waals surface area contributed by atoms with Gasteiger partial charge in [0.25, 0.3) is 0 Å². The van der Waals surface area contributed by atoms with E-state index in [1.807, 2.05) is 0 Å². The van der Waals surface area contributed by atoms with Crippen LogP contribution in [0.3, 0.4) is 0 Å². The van der Waals surface area contributed by atoms with Crippen molar-refractivity contribution in [3.8, 4) is 0 Å². The molecule has 0 aromatic heterocycles. The zero-order valence-electron chi connectivity index (χ0n) is 13.6. The van der Waals surface area contributed by atoms with Crippen molar-refractivity contribution in [3.63, 3.8) is 0 Å². The van der Waals surface area contributed by atoms with Crippen LogP contribution >= 0.6 is 0 Å². The van der Waals surface area contributed by atoms with E-state index in [1.165, 1.54) is 0 Å². The third-order valence-electron chi connectivity index (χ3n) is 3.10. The average molecular weight is 364 g/mol. The van der Waals surface area contributed by atoms with Crippen LogP contribution in [0.2, 0.25) is 0 Å². The minimum absolute atomic E-state index is 0.365. The fourth-order valence-electron chi connectivity index (χ4n) is 0.658. The van der Waals surface area contributed by atoms with Crippen LogP contribution in [0.5, 0.6) is 0 Å². The standard InChI is InChI=1S/2C5H12O4.C3H8O3/c2*6-1-5(2-7,3-8)4-9;4-1-3(6)2-5/h2*6-9H,1-4H2;3-6H,1-2H2. The summed E-state index contributed by atoms with van der Waals surface area (Å²) in [6, 6.07) is 0. The normalized spacial score (nSPS) is 11.5. The maximum atomic E-state index is 8.50. The van der Waals surface area contributed by atoms with Crippen LogP contribution < -0.4 is 0 Å². The summed E-state index contributed by atoms with van der Waals surface area (Å²) in [4.78, 5) is 0. The summed E-state index contributed by atoms with van der Waals surface area (Å²) in [6.45, 7) is -3.98. The van der Waals surface area contributed by atoms with Gasteiger partial charge in [-0.05, 0) is 0 Å². The summed E-state index contributed by atoms with van der Waals surface area (Å²) in [7, 11) is 0. The average Bonchev–Trinajstić information content (AvgIpc) is 2.67. The Morgan fingerprint density at radius 3 is 0.583 bits per heavy atom. The van der Waals surface area contributed by atoms with Gasteiger partial charge in [0.05, 0.1) is 76.9 Å². The SMILES string of the molecule is OCC(CO)(CO)CO.OCC(CO)(CO)CO.OCC(O)CO. The van der Waals surface area contributed by atoms with Crippen LogP contribution in [0.25, 0.3) is 0 Å². The van der Waals surface area contributed by atoms with E-state index in [1.54, 1.807) is 0 Å². The molecule has 0 aliphatic rings. The first-order valence-electron chi connectivity index (χ1n) is 7.07. The van der Waals surface area contributed by atoms with Gasteiger partial charge in [-0.15, -0.1) is 0 Å². The van der Waals surface area contributed by atoms with Gasteiger partial charge in [-0.1, -0.05) is 0 Å². The summed E-state index contributed by atoms with van der Waals surface area (Å²) >= 11 is 0. The Labute approximate surface area is 140 Å². The van der Waals surface area contributed by atoms with Crippen molar-refractivity contribution < 1.29 is 56.2 Å². The number of hydrogen-bond acceptors (Lipinski definition) is 11. The first-order chi connectivity index (χ1) is 11.3. The maximum Gasteiger partial charge on any atom is 0.100 e. The fraction of sp³-hybridized carbons (Fsp3) is 1.00. The topological polar surface area (TPSA) is 223 Å². The van der Waals surface area contributed by atoms with Crippen LogP contribution in [0.1, 0.15) is 0 Å². The van der Waals surface area contributed by atoms with Crippen molar-refractivity contribution in [2.24, 2.45) is 10.8 Å². The Balaban J connectivity index is -0.000000282. The van der Waals surface area contributed by atoms with Gasteiger partial charge in [0.1, 0.15) is 6.10 Å². The highest BCUT2D eigenvalue weighted by Crippen LogP contribution is 2.12. The number of hydrogen-bond donors (Lipinski definition) is 11. The number of aliphatic hydroxyl groups excluding tert-OH is 11.